The van der Waals surface area contributed by atoms with Crippen molar-refractivity contribution in [3.05, 3.63) is 93.4 Å². The highest BCUT2D eigenvalue weighted by Gasteiger charge is 2.40. The summed E-state index contributed by atoms with van der Waals surface area (Å²) in [5.41, 5.74) is 0.599. The van der Waals surface area contributed by atoms with Crippen LogP contribution in [0.15, 0.2) is 87.2 Å². The Bertz CT molecular complexity index is 1210. The number of aliphatic imine (C=N–C) groups is 1. The molecule has 6 nitrogen and oxygen atoms in total. The Morgan fingerprint density at radius 1 is 1.00 bits per heavy atom. The van der Waals surface area contributed by atoms with Gasteiger partial charge < -0.3 is 10.0 Å². The van der Waals surface area contributed by atoms with Gasteiger partial charge in [0.05, 0.1) is 11.4 Å². The molecule has 4 rings (SSSR count). The quantitative estimate of drug-likeness (QED) is 0.562. The van der Waals surface area contributed by atoms with Gasteiger partial charge in [-0.25, -0.2) is 18.5 Å². The molecule has 1 aliphatic heterocycles. The minimum absolute atomic E-state index is 0.0126. The summed E-state index contributed by atoms with van der Waals surface area (Å²) in [5, 5.41) is 17.2. The van der Waals surface area contributed by atoms with Crippen LogP contribution in [0.3, 0.4) is 0 Å². The number of hydrogen-bond acceptors (Lipinski definition) is 5. The van der Waals surface area contributed by atoms with E-state index in [1.54, 1.807) is 36.4 Å². The summed E-state index contributed by atoms with van der Waals surface area (Å²) in [6.07, 6.45) is 0. The number of benzene rings is 3. The molecule has 0 spiro atoms. The van der Waals surface area contributed by atoms with E-state index in [1.807, 2.05) is 29.2 Å². The molecule has 1 heterocycles. The van der Waals surface area contributed by atoms with Crippen LogP contribution in [-0.4, -0.2) is 25.9 Å². The Labute approximate surface area is 187 Å². The number of halogens is 2. The average molecular weight is 507 g/mol. The average Bonchev–Trinajstić information content (AvgIpc) is 3.07. The number of primary sulfonamides is 1. The molecule has 0 saturated carbocycles. The van der Waals surface area contributed by atoms with E-state index in [0.717, 1.165) is 10.0 Å². The topological polar surface area (TPSA) is 96.0 Å². The Morgan fingerprint density at radius 2 is 1.60 bits per heavy atom. The van der Waals surface area contributed by atoms with Gasteiger partial charge in [-0.05, 0) is 60.7 Å². The number of rotatable bonds is 4. The first-order valence-electron chi connectivity index (χ1n) is 8.90. The minimum Gasteiger partial charge on any atom is -0.364 e. The van der Waals surface area contributed by atoms with Crippen LogP contribution in [0.1, 0.15) is 11.1 Å². The standard InChI is InChI=1S/C21H17BrClN3O3S/c22-16-5-3-15(4-6-16)21(27)13-26(18-9-11-19(12-10-18)30(24,28)29)20(25-21)14-1-7-17(23)8-2-14/h1-12,27H,13H2,(H2,24,28,29). The summed E-state index contributed by atoms with van der Waals surface area (Å²) in [4.78, 5) is 6.49. The van der Waals surface area contributed by atoms with Crippen molar-refractivity contribution >= 4 is 49.1 Å². The summed E-state index contributed by atoms with van der Waals surface area (Å²) in [6.45, 7) is 0.154. The molecule has 0 fully saturated rings. The Morgan fingerprint density at radius 3 is 2.17 bits per heavy atom. The molecule has 1 unspecified atom stereocenters. The molecule has 0 aliphatic carbocycles. The maximum Gasteiger partial charge on any atom is 0.238 e. The normalized spacial score (nSPS) is 19.1. The second kappa shape index (κ2) is 7.79. The van der Waals surface area contributed by atoms with E-state index in [4.69, 9.17) is 16.7 Å². The first-order chi connectivity index (χ1) is 14.2. The van der Waals surface area contributed by atoms with E-state index in [-0.39, 0.29) is 11.4 Å². The van der Waals surface area contributed by atoms with Crippen LogP contribution < -0.4 is 10.0 Å². The van der Waals surface area contributed by atoms with Crippen molar-refractivity contribution < 1.29 is 13.5 Å². The zero-order valence-electron chi connectivity index (χ0n) is 15.5. The second-order valence-corrected chi connectivity index (χ2v) is 9.80. The number of anilines is 1. The van der Waals surface area contributed by atoms with Gasteiger partial charge in [0, 0.05) is 26.3 Å². The highest BCUT2D eigenvalue weighted by atomic mass is 79.9. The van der Waals surface area contributed by atoms with E-state index in [1.165, 1.54) is 12.1 Å². The predicted molar refractivity (Wildman–Crippen MR) is 121 cm³/mol. The van der Waals surface area contributed by atoms with Gasteiger partial charge in [0.25, 0.3) is 0 Å². The molecule has 3 aromatic rings. The molecule has 0 amide bonds. The third-order valence-electron chi connectivity index (χ3n) is 4.81. The van der Waals surface area contributed by atoms with Crippen LogP contribution in [-0.2, 0) is 15.7 Å². The third-order valence-corrected chi connectivity index (χ3v) is 6.52. The van der Waals surface area contributed by atoms with E-state index in [0.29, 0.717) is 22.1 Å². The van der Waals surface area contributed by atoms with Crippen molar-refractivity contribution in [1.82, 2.24) is 0 Å². The maximum absolute atomic E-state index is 11.6. The molecule has 9 heteroatoms. The molecule has 1 atom stereocenters. The first kappa shape index (κ1) is 21.0. The van der Waals surface area contributed by atoms with Crippen molar-refractivity contribution in [3.63, 3.8) is 0 Å². The van der Waals surface area contributed by atoms with Gasteiger partial charge in [0.15, 0.2) is 0 Å². The fourth-order valence-electron chi connectivity index (χ4n) is 3.29. The van der Waals surface area contributed by atoms with Crippen molar-refractivity contribution in [2.75, 3.05) is 11.4 Å². The third kappa shape index (κ3) is 4.14. The van der Waals surface area contributed by atoms with Gasteiger partial charge >= 0.3 is 0 Å². The van der Waals surface area contributed by atoms with E-state index in [9.17, 15) is 13.5 Å². The molecule has 3 N–H and O–H groups in total. The molecule has 154 valence electrons. The molecule has 3 aromatic carbocycles. The van der Waals surface area contributed by atoms with Gasteiger partial charge in [-0.1, -0.05) is 39.7 Å². The molecule has 0 aromatic heterocycles. The summed E-state index contributed by atoms with van der Waals surface area (Å²) in [7, 11) is -3.80. The zero-order valence-corrected chi connectivity index (χ0v) is 18.7. The summed E-state index contributed by atoms with van der Waals surface area (Å²) in [6, 6.07) is 20.6. The summed E-state index contributed by atoms with van der Waals surface area (Å²) in [5.74, 6) is 0.542. The lowest BCUT2D eigenvalue weighted by Gasteiger charge is -2.24. The van der Waals surface area contributed by atoms with Gasteiger partial charge in [0.2, 0.25) is 15.7 Å². The lowest BCUT2D eigenvalue weighted by atomic mass is 10.0. The number of sulfonamides is 1. The molecule has 0 bridgehead atoms. The monoisotopic (exact) mass is 505 g/mol. The van der Waals surface area contributed by atoms with E-state index >= 15 is 0 Å². The van der Waals surface area contributed by atoms with E-state index < -0.39 is 15.7 Å². The van der Waals surface area contributed by atoms with Gasteiger partial charge in [-0.15, -0.1) is 0 Å². The number of amidine groups is 1. The largest absolute Gasteiger partial charge is 0.364 e. The molecule has 0 radical (unpaired) electrons. The van der Waals surface area contributed by atoms with Crippen molar-refractivity contribution in [2.24, 2.45) is 10.1 Å². The fraction of sp³-hybridized carbons (Fsp3) is 0.0952. The summed E-state index contributed by atoms with van der Waals surface area (Å²) < 4.78 is 24.1. The lowest BCUT2D eigenvalue weighted by molar-refractivity contribution is 0.0648. The van der Waals surface area contributed by atoms with Crippen molar-refractivity contribution in [3.8, 4) is 0 Å². The number of hydrogen-bond donors (Lipinski definition) is 2. The van der Waals surface area contributed by atoms with Crippen LogP contribution in [0.5, 0.6) is 0 Å². The van der Waals surface area contributed by atoms with E-state index in [2.05, 4.69) is 20.9 Å². The number of β-amino-alcohol motifs (C(OH)–C–C–N with tert-alkyl or cyclic N) is 1. The molecule has 30 heavy (non-hydrogen) atoms. The predicted octanol–water partition coefficient (Wildman–Crippen LogP) is 3.86. The van der Waals surface area contributed by atoms with Crippen LogP contribution in [0.25, 0.3) is 0 Å². The lowest BCUT2D eigenvalue weighted by Crippen LogP contribution is -2.34. The molecule has 0 saturated heterocycles. The van der Waals surface area contributed by atoms with Crippen LogP contribution in [0, 0.1) is 0 Å². The Kier molecular flexibility index (Phi) is 5.46. The van der Waals surface area contributed by atoms with Gasteiger partial charge in [0.1, 0.15) is 5.84 Å². The van der Waals surface area contributed by atoms with Gasteiger partial charge in [-0.3, -0.25) is 0 Å². The SMILES string of the molecule is NS(=O)(=O)c1ccc(N2CC(O)(c3ccc(Br)cc3)N=C2c2ccc(Cl)cc2)cc1. The van der Waals surface area contributed by atoms with Crippen LogP contribution >= 0.6 is 27.5 Å². The second-order valence-electron chi connectivity index (χ2n) is 6.89. The zero-order chi connectivity index (χ0) is 21.5. The smallest absolute Gasteiger partial charge is 0.238 e. The maximum atomic E-state index is 11.6. The fourth-order valence-corrected chi connectivity index (χ4v) is 4.19. The Balaban J connectivity index is 1.79. The van der Waals surface area contributed by atoms with Crippen molar-refractivity contribution in [2.45, 2.75) is 10.6 Å². The molecular formula is C21H17BrClN3O3S. The molecular weight excluding hydrogens is 490 g/mol. The van der Waals surface area contributed by atoms with Crippen LogP contribution in [0.2, 0.25) is 5.02 Å². The highest BCUT2D eigenvalue weighted by molar-refractivity contribution is 9.10. The number of nitrogens with zero attached hydrogens (tertiary/aromatic N) is 2. The Hall–Kier alpha value is -2.23. The van der Waals surface area contributed by atoms with Crippen LogP contribution in [0.4, 0.5) is 5.69 Å². The number of nitrogens with two attached hydrogens (primary N) is 1. The number of aliphatic hydroxyl groups is 1. The summed E-state index contributed by atoms with van der Waals surface area (Å²) >= 11 is 9.42. The highest BCUT2D eigenvalue weighted by Crippen LogP contribution is 2.35. The minimum atomic E-state index is -3.80. The molecule has 1 aliphatic rings. The van der Waals surface area contributed by atoms with Crippen molar-refractivity contribution in [1.29, 1.82) is 0 Å². The first-order valence-corrected chi connectivity index (χ1v) is 11.6. The van der Waals surface area contributed by atoms with Gasteiger partial charge in [-0.2, -0.15) is 0 Å².